The highest BCUT2D eigenvalue weighted by atomic mass is 32.2. The van der Waals surface area contributed by atoms with Crippen molar-refractivity contribution in [1.29, 1.82) is 0 Å². The predicted molar refractivity (Wildman–Crippen MR) is 76.4 cm³/mol. The number of methoxy groups -OCH3 is 1. The van der Waals surface area contributed by atoms with E-state index in [0.717, 1.165) is 23.1 Å². The highest BCUT2D eigenvalue weighted by Gasteiger charge is 2.23. The van der Waals surface area contributed by atoms with E-state index >= 15 is 0 Å². The first-order chi connectivity index (χ1) is 9.18. The maximum atomic E-state index is 11.7. The lowest BCUT2D eigenvalue weighted by Crippen LogP contribution is -2.37. The molecule has 7 heteroatoms. The van der Waals surface area contributed by atoms with Gasteiger partial charge in [-0.2, -0.15) is 0 Å². The van der Waals surface area contributed by atoms with Crippen LogP contribution in [0.15, 0.2) is 6.20 Å². The van der Waals surface area contributed by atoms with Crippen molar-refractivity contribution in [3.05, 3.63) is 23.0 Å². The number of hydrogen-bond acceptors (Lipinski definition) is 5. The number of ether oxygens (including phenoxy) is 1. The summed E-state index contributed by atoms with van der Waals surface area (Å²) in [5.41, 5.74) is 2.39. The Balaban J connectivity index is 2.84. The Kier molecular flexibility index (Phi) is 5.10. The third-order valence-electron chi connectivity index (χ3n) is 3.19. The summed E-state index contributed by atoms with van der Waals surface area (Å²) in [5, 5.41) is 1.51. The molecule has 0 saturated heterocycles. The average molecular weight is 300 g/mol. The highest BCUT2D eigenvalue weighted by Crippen LogP contribution is 2.23. The molecule has 0 saturated carbocycles. The Morgan fingerprint density at radius 1 is 1.45 bits per heavy atom. The predicted octanol–water partition coefficient (Wildman–Crippen LogP) is 0.756. The smallest absolute Gasteiger partial charge is 0.238 e. The number of nitrogens with zero attached hydrogens (tertiary/aromatic N) is 1. The van der Waals surface area contributed by atoms with E-state index in [2.05, 4.69) is 10.3 Å². The van der Waals surface area contributed by atoms with Crippen LogP contribution in [0.5, 0.6) is 5.75 Å². The topological polar surface area (TPSA) is 85.4 Å². The van der Waals surface area contributed by atoms with Crippen molar-refractivity contribution in [2.45, 2.75) is 32.6 Å². The van der Waals surface area contributed by atoms with Gasteiger partial charge in [-0.15, -0.1) is 0 Å². The molecule has 1 amide bonds. The van der Waals surface area contributed by atoms with Crippen LogP contribution in [0, 0.1) is 13.8 Å². The standard InChI is InChI=1S/C13H20N2O4S/c1-8-6-14-11(9(2)12(8)19-4)7-15-13(16)10(3)20(5,17)18/h6,10H,7H2,1-5H3,(H,15,16)/t10-/m1/s1. The van der Waals surface area contributed by atoms with Gasteiger partial charge in [-0.05, 0) is 20.8 Å². The Labute approximate surface area is 119 Å². The molecule has 1 aromatic rings. The molecule has 0 aromatic carbocycles. The number of pyridine rings is 1. The first-order valence-corrected chi connectivity index (χ1v) is 8.09. The average Bonchev–Trinajstić information content (AvgIpc) is 2.36. The van der Waals surface area contributed by atoms with E-state index in [9.17, 15) is 13.2 Å². The highest BCUT2D eigenvalue weighted by molar-refractivity contribution is 7.92. The Morgan fingerprint density at radius 2 is 2.05 bits per heavy atom. The normalized spacial score (nSPS) is 12.8. The fourth-order valence-electron chi connectivity index (χ4n) is 1.76. The first-order valence-electron chi connectivity index (χ1n) is 6.14. The van der Waals surface area contributed by atoms with Gasteiger partial charge in [0.05, 0.1) is 19.3 Å². The van der Waals surface area contributed by atoms with Crippen molar-refractivity contribution in [1.82, 2.24) is 10.3 Å². The van der Waals surface area contributed by atoms with E-state index in [0.29, 0.717) is 5.69 Å². The lowest BCUT2D eigenvalue weighted by atomic mass is 10.1. The maximum Gasteiger partial charge on any atom is 0.238 e. The van der Waals surface area contributed by atoms with Crippen molar-refractivity contribution < 1.29 is 17.9 Å². The summed E-state index contributed by atoms with van der Waals surface area (Å²) in [6.07, 6.45) is 2.70. The zero-order valence-electron chi connectivity index (χ0n) is 12.4. The van der Waals surface area contributed by atoms with E-state index in [1.54, 1.807) is 13.3 Å². The Morgan fingerprint density at radius 3 is 2.55 bits per heavy atom. The second kappa shape index (κ2) is 6.21. The zero-order chi connectivity index (χ0) is 15.5. The molecule has 0 bridgehead atoms. The number of hydrogen-bond donors (Lipinski definition) is 1. The maximum absolute atomic E-state index is 11.7. The molecule has 1 heterocycles. The van der Waals surface area contributed by atoms with Gasteiger partial charge in [0.1, 0.15) is 11.0 Å². The lowest BCUT2D eigenvalue weighted by Gasteiger charge is -2.14. The molecule has 1 aromatic heterocycles. The van der Waals surface area contributed by atoms with Crippen LogP contribution in [0.4, 0.5) is 0 Å². The number of aryl methyl sites for hydroxylation is 1. The van der Waals surface area contributed by atoms with Crippen molar-refractivity contribution in [2.24, 2.45) is 0 Å². The van der Waals surface area contributed by atoms with Crippen LogP contribution in [-0.2, 0) is 21.2 Å². The molecule has 0 radical (unpaired) electrons. The van der Waals surface area contributed by atoms with Crippen LogP contribution in [0.3, 0.4) is 0 Å². The van der Waals surface area contributed by atoms with Crippen LogP contribution in [0.1, 0.15) is 23.7 Å². The van der Waals surface area contributed by atoms with Crippen molar-refractivity contribution in [3.8, 4) is 5.75 Å². The van der Waals surface area contributed by atoms with Gasteiger partial charge < -0.3 is 10.1 Å². The minimum atomic E-state index is -3.39. The van der Waals surface area contributed by atoms with E-state index in [-0.39, 0.29) is 6.54 Å². The number of carbonyl (C=O) groups is 1. The number of sulfone groups is 1. The summed E-state index contributed by atoms with van der Waals surface area (Å²) in [6, 6.07) is 0. The molecular formula is C13H20N2O4S. The second-order valence-corrected chi connectivity index (χ2v) is 7.10. The third kappa shape index (κ3) is 3.69. The van der Waals surface area contributed by atoms with Crippen LogP contribution < -0.4 is 10.1 Å². The molecule has 0 aliphatic heterocycles. The van der Waals surface area contributed by atoms with Gasteiger partial charge in [0, 0.05) is 23.6 Å². The number of carbonyl (C=O) groups excluding carboxylic acids is 1. The number of nitrogens with one attached hydrogen (secondary N) is 1. The molecule has 1 N–H and O–H groups in total. The second-order valence-electron chi connectivity index (χ2n) is 4.74. The first kappa shape index (κ1) is 16.4. The summed E-state index contributed by atoms with van der Waals surface area (Å²) < 4.78 is 27.9. The van der Waals surface area contributed by atoms with E-state index < -0.39 is 21.0 Å². The summed E-state index contributed by atoms with van der Waals surface area (Å²) >= 11 is 0. The summed E-state index contributed by atoms with van der Waals surface area (Å²) in [4.78, 5) is 16.0. The van der Waals surface area contributed by atoms with Gasteiger partial charge in [0.25, 0.3) is 0 Å². The molecule has 0 fully saturated rings. The number of rotatable bonds is 5. The molecule has 0 aliphatic rings. The van der Waals surface area contributed by atoms with Crippen LogP contribution in [-0.4, -0.2) is 37.9 Å². The van der Waals surface area contributed by atoms with Crippen molar-refractivity contribution in [2.75, 3.05) is 13.4 Å². The Bertz CT molecular complexity index is 611. The van der Waals surface area contributed by atoms with Gasteiger partial charge in [0.2, 0.25) is 5.91 Å². The van der Waals surface area contributed by atoms with Gasteiger partial charge in [0.15, 0.2) is 9.84 Å². The number of aromatic nitrogens is 1. The zero-order valence-corrected chi connectivity index (χ0v) is 13.2. The van der Waals surface area contributed by atoms with E-state index in [1.165, 1.54) is 6.92 Å². The van der Waals surface area contributed by atoms with Gasteiger partial charge >= 0.3 is 0 Å². The van der Waals surface area contributed by atoms with Gasteiger partial charge in [-0.3, -0.25) is 9.78 Å². The van der Waals surface area contributed by atoms with Crippen LogP contribution >= 0.6 is 0 Å². The Hall–Kier alpha value is -1.63. The van der Waals surface area contributed by atoms with Gasteiger partial charge in [-0.1, -0.05) is 0 Å². The SMILES string of the molecule is COc1c(C)cnc(CNC(=O)[C@@H](C)S(C)(=O)=O)c1C. The minimum Gasteiger partial charge on any atom is -0.496 e. The van der Waals surface area contributed by atoms with Crippen molar-refractivity contribution >= 4 is 15.7 Å². The molecule has 112 valence electrons. The molecule has 0 spiro atoms. The molecule has 0 aliphatic carbocycles. The summed E-state index contributed by atoms with van der Waals surface area (Å²) in [5.74, 6) is 0.189. The van der Waals surface area contributed by atoms with Crippen molar-refractivity contribution in [3.63, 3.8) is 0 Å². The monoisotopic (exact) mass is 300 g/mol. The summed E-state index contributed by atoms with van der Waals surface area (Å²) in [6.45, 7) is 5.26. The van der Waals surface area contributed by atoms with E-state index in [4.69, 9.17) is 4.74 Å². The number of amides is 1. The fraction of sp³-hybridized carbons (Fsp3) is 0.538. The fourth-order valence-corrected chi connectivity index (χ4v) is 2.23. The minimum absolute atomic E-state index is 0.168. The molecule has 1 atom stereocenters. The quantitative estimate of drug-likeness (QED) is 0.867. The van der Waals surface area contributed by atoms with E-state index in [1.807, 2.05) is 13.8 Å². The van der Waals surface area contributed by atoms with Crippen LogP contribution in [0.25, 0.3) is 0 Å². The van der Waals surface area contributed by atoms with Crippen LogP contribution in [0.2, 0.25) is 0 Å². The molecule has 1 rings (SSSR count). The third-order valence-corrected chi connectivity index (χ3v) is 4.69. The lowest BCUT2D eigenvalue weighted by molar-refractivity contribution is -0.120. The molecular weight excluding hydrogens is 280 g/mol. The molecule has 0 unspecified atom stereocenters. The largest absolute Gasteiger partial charge is 0.496 e. The molecule has 20 heavy (non-hydrogen) atoms. The molecule has 6 nitrogen and oxygen atoms in total. The van der Waals surface area contributed by atoms with Gasteiger partial charge in [-0.25, -0.2) is 8.42 Å². The summed E-state index contributed by atoms with van der Waals surface area (Å²) in [7, 11) is -1.82.